The maximum absolute atomic E-state index is 5.75. The third-order valence-corrected chi connectivity index (χ3v) is 3.60. The summed E-state index contributed by atoms with van der Waals surface area (Å²) in [6.07, 6.45) is 7.78. The lowest BCUT2D eigenvalue weighted by atomic mass is 9.86. The van der Waals surface area contributed by atoms with E-state index in [0.717, 1.165) is 25.2 Å². The summed E-state index contributed by atoms with van der Waals surface area (Å²) >= 11 is 0. The molecule has 1 rings (SSSR count). The van der Waals surface area contributed by atoms with Crippen LogP contribution < -0.4 is 4.74 Å². The molecule has 0 aliphatic rings. The van der Waals surface area contributed by atoms with Crippen LogP contribution in [0.25, 0.3) is 0 Å². The van der Waals surface area contributed by atoms with Crippen molar-refractivity contribution in [2.45, 2.75) is 59.8 Å². The molecule has 1 unspecified atom stereocenters. The monoisotopic (exact) mass is 260 g/mol. The van der Waals surface area contributed by atoms with E-state index in [1.54, 1.807) is 0 Å². The molecular weight excluding hydrogens is 232 g/mol. The van der Waals surface area contributed by atoms with Crippen LogP contribution in [0.2, 0.25) is 0 Å². The third kappa shape index (κ3) is 4.41. The molecule has 0 fully saturated rings. The van der Waals surface area contributed by atoms with Crippen molar-refractivity contribution in [3.63, 3.8) is 0 Å². The zero-order chi connectivity index (χ0) is 14.3. The number of benzene rings is 1. The minimum absolute atomic E-state index is 0.622. The van der Waals surface area contributed by atoms with Crippen molar-refractivity contribution in [1.82, 2.24) is 0 Å². The minimum atomic E-state index is 0.622. The number of hydrogen-bond donors (Lipinski definition) is 0. The van der Waals surface area contributed by atoms with Crippen LogP contribution in [0.5, 0.6) is 5.75 Å². The molecule has 1 heteroatoms. The first-order valence-electron chi connectivity index (χ1n) is 7.49. The van der Waals surface area contributed by atoms with Gasteiger partial charge in [0.05, 0.1) is 6.61 Å². The summed E-state index contributed by atoms with van der Waals surface area (Å²) in [4.78, 5) is 0. The van der Waals surface area contributed by atoms with E-state index in [-0.39, 0.29) is 0 Å². The highest BCUT2D eigenvalue weighted by Crippen LogP contribution is 2.32. The summed E-state index contributed by atoms with van der Waals surface area (Å²) in [5.74, 6) is 1.64. The zero-order valence-electron chi connectivity index (χ0n) is 13.1. The molecule has 1 atom stereocenters. The molecular formula is C18H28O. The molecule has 0 spiro atoms. The lowest BCUT2D eigenvalue weighted by Crippen LogP contribution is -2.04. The summed E-state index contributed by atoms with van der Waals surface area (Å²) in [5.41, 5.74) is 4.23. The van der Waals surface area contributed by atoms with Crippen LogP contribution in [0.3, 0.4) is 0 Å². The average Bonchev–Trinajstić information content (AvgIpc) is 2.39. The van der Waals surface area contributed by atoms with Crippen LogP contribution in [-0.2, 0) is 0 Å². The van der Waals surface area contributed by atoms with Gasteiger partial charge in [0.15, 0.2) is 0 Å². The molecule has 0 aliphatic heterocycles. The molecule has 0 aromatic heterocycles. The van der Waals surface area contributed by atoms with Crippen molar-refractivity contribution in [1.29, 1.82) is 0 Å². The Morgan fingerprint density at radius 1 is 1.16 bits per heavy atom. The van der Waals surface area contributed by atoms with Gasteiger partial charge in [-0.15, -0.1) is 0 Å². The smallest absolute Gasteiger partial charge is 0.119 e. The molecule has 0 saturated carbocycles. The van der Waals surface area contributed by atoms with Crippen molar-refractivity contribution in [2.24, 2.45) is 0 Å². The van der Waals surface area contributed by atoms with Crippen molar-refractivity contribution >= 4 is 0 Å². The maximum atomic E-state index is 5.75. The van der Waals surface area contributed by atoms with Gasteiger partial charge in [-0.3, -0.25) is 0 Å². The summed E-state index contributed by atoms with van der Waals surface area (Å²) in [5, 5.41) is 0. The number of aryl methyl sites for hydroxylation is 2. The Hall–Kier alpha value is -1.24. The van der Waals surface area contributed by atoms with Gasteiger partial charge in [0.2, 0.25) is 0 Å². The van der Waals surface area contributed by atoms with E-state index < -0.39 is 0 Å². The van der Waals surface area contributed by atoms with Gasteiger partial charge in [-0.2, -0.15) is 0 Å². The normalized spacial score (nSPS) is 12.9. The minimum Gasteiger partial charge on any atom is -0.494 e. The number of allylic oxidation sites excluding steroid dienone is 2. The molecule has 0 aliphatic carbocycles. The lowest BCUT2D eigenvalue weighted by molar-refractivity contribution is 0.317. The predicted octanol–water partition coefficient (Wildman–Crippen LogP) is 5.55. The Morgan fingerprint density at radius 2 is 1.79 bits per heavy atom. The first-order valence-corrected chi connectivity index (χ1v) is 7.49. The predicted molar refractivity (Wildman–Crippen MR) is 84.2 cm³/mol. The highest BCUT2D eigenvalue weighted by Gasteiger charge is 2.14. The van der Waals surface area contributed by atoms with Gasteiger partial charge in [0.25, 0.3) is 0 Å². The van der Waals surface area contributed by atoms with Crippen LogP contribution in [0.1, 0.15) is 62.6 Å². The Balaban J connectivity index is 3.00. The summed E-state index contributed by atoms with van der Waals surface area (Å²) in [7, 11) is 0. The van der Waals surface area contributed by atoms with E-state index in [9.17, 15) is 0 Å². The average molecular weight is 260 g/mol. The highest BCUT2D eigenvalue weighted by atomic mass is 16.5. The Morgan fingerprint density at radius 3 is 2.26 bits per heavy atom. The molecule has 0 saturated heterocycles. The van der Waals surface area contributed by atoms with Crippen LogP contribution in [0, 0.1) is 13.8 Å². The van der Waals surface area contributed by atoms with E-state index in [4.69, 9.17) is 4.74 Å². The van der Waals surface area contributed by atoms with Crippen LogP contribution in [-0.4, -0.2) is 6.61 Å². The van der Waals surface area contributed by atoms with Crippen molar-refractivity contribution in [2.75, 3.05) is 6.61 Å². The van der Waals surface area contributed by atoms with E-state index in [2.05, 4.69) is 58.9 Å². The van der Waals surface area contributed by atoms with Gasteiger partial charge in [-0.05, 0) is 74.8 Å². The Kier molecular flexibility index (Phi) is 6.69. The molecule has 1 aromatic rings. The molecule has 1 nitrogen and oxygen atoms in total. The van der Waals surface area contributed by atoms with E-state index in [1.165, 1.54) is 23.1 Å². The number of ether oxygens (including phenoxy) is 1. The second-order valence-electron chi connectivity index (χ2n) is 5.23. The lowest BCUT2D eigenvalue weighted by Gasteiger charge is -2.20. The zero-order valence-corrected chi connectivity index (χ0v) is 13.1. The Labute approximate surface area is 118 Å². The SMILES string of the molecule is C/C=C\CC(CC)c1c(C)cc(OCCC)cc1C. The van der Waals surface area contributed by atoms with E-state index in [0.29, 0.717) is 5.92 Å². The maximum Gasteiger partial charge on any atom is 0.119 e. The van der Waals surface area contributed by atoms with Gasteiger partial charge in [-0.1, -0.05) is 26.0 Å². The summed E-state index contributed by atoms with van der Waals surface area (Å²) < 4.78 is 5.75. The quantitative estimate of drug-likeness (QED) is 0.584. The molecule has 0 amide bonds. The molecule has 1 aromatic carbocycles. The molecule has 106 valence electrons. The van der Waals surface area contributed by atoms with Crippen molar-refractivity contribution < 1.29 is 4.74 Å². The van der Waals surface area contributed by atoms with Gasteiger partial charge >= 0.3 is 0 Å². The van der Waals surface area contributed by atoms with Crippen LogP contribution in [0.15, 0.2) is 24.3 Å². The molecule has 0 bridgehead atoms. The van der Waals surface area contributed by atoms with Gasteiger partial charge in [0.1, 0.15) is 5.75 Å². The fourth-order valence-corrected chi connectivity index (χ4v) is 2.67. The fraction of sp³-hybridized carbons (Fsp3) is 0.556. The first kappa shape index (κ1) is 15.8. The number of rotatable bonds is 7. The molecule has 19 heavy (non-hydrogen) atoms. The second kappa shape index (κ2) is 8.04. The van der Waals surface area contributed by atoms with Gasteiger partial charge in [0, 0.05) is 0 Å². The standard InChI is InChI=1S/C18H28O/c1-6-9-10-16(8-3)18-14(4)12-17(13-15(18)5)19-11-7-2/h6,9,12-13,16H,7-8,10-11H2,1-5H3/b9-6-. The second-order valence-corrected chi connectivity index (χ2v) is 5.23. The largest absolute Gasteiger partial charge is 0.494 e. The summed E-state index contributed by atoms with van der Waals surface area (Å²) in [6.45, 7) is 11.7. The fourth-order valence-electron chi connectivity index (χ4n) is 2.67. The highest BCUT2D eigenvalue weighted by molar-refractivity contribution is 5.43. The molecule has 0 radical (unpaired) electrons. The van der Waals surface area contributed by atoms with Crippen molar-refractivity contribution in [3.8, 4) is 5.75 Å². The van der Waals surface area contributed by atoms with Crippen LogP contribution >= 0.6 is 0 Å². The first-order chi connectivity index (χ1) is 9.13. The number of hydrogen-bond acceptors (Lipinski definition) is 1. The van der Waals surface area contributed by atoms with E-state index in [1.807, 2.05) is 0 Å². The molecule has 0 heterocycles. The van der Waals surface area contributed by atoms with Gasteiger partial charge in [-0.25, -0.2) is 0 Å². The van der Waals surface area contributed by atoms with Crippen molar-refractivity contribution in [3.05, 3.63) is 41.0 Å². The van der Waals surface area contributed by atoms with Gasteiger partial charge < -0.3 is 4.74 Å². The third-order valence-electron chi connectivity index (χ3n) is 3.60. The van der Waals surface area contributed by atoms with E-state index >= 15 is 0 Å². The summed E-state index contributed by atoms with van der Waals surface area (Å²) in [6, 6.07) is 4.38. The van der Waals surface area contributed by atoms with Crippen LogP contribution in [0.4, 0.5) is 0 Å². The topological polar surface area (TPSA) is 9.23 Å². The molecule has 0 N–H and O–H groups in total. The Bertz CT molecular complexity index is 395.